The maximum Gasteiger partial charge on any atom is 0.221 e. The van der Waals surface area contributed by atoms with Gasteiger partial charge in [-0.3, -0.25) is 9.69 Å². The fourth-order valence-electron chi connectivity index (χ4n) is 3.02. The molecule has 94 valence electrons. The molecule has 17 heavy (non-hydrogen) atoms. The van der Waals surface area contributed by atoms with E-state index in [4.69, 9.17) is 0 Å². The second-order valence-electron chi connectivity index (χ2n) is 5.36. The van der Waals surface area contributed by atoms with Crippen molar-refractivity contribution < 1.29 is 4.79 Å². The molecule has 2 fully saturated rings. The van der Waals surface area contributed by atoms with Crippen molar-refractivity contribution in [2.45, 2.75) is 38.6 Å². The summed E-state index contributed by atoms with van der Waals surface area (Å²) in [6.45, 7) is 4.69. The van der Waals surface area contributed by atoms with Gasteiger partial charge in [-0.05, 0) is 25.2 Å². The quantitative estimate of drug-likeness (QED) is 0.741. The van der Waals surface area contributed by atoms with Gasteiger partial charge in [0.05, 0.1) is 12.0 Å². The molecule has 3 atom stereocenters. The van der Waals surface area contributed by atoms with Crippen molar-refractivity contribution in [1.82, 2.24) is 10.2 Å². The average molecular weight is 235 g/mol. The summed E-state index contributed by atoms with van der Waals surface area (Å²) < 4.78 is 0. The van der Waals surface area contributed by atoms with Gasteiger partial charge in [-0.15, -0.1) is 0 Å². The van der Waals surface area contributed by atoms with E-state index in [2.05, 4.69) is 23.2 Å². The zero-order valence-corrected chi connectivity index (χ0v) is 10.5. The molecule has 0 aromatic rings. The lowest BCUT2D eigenvalue weighted by Gasteiger charge is -2.38. The highest BCUT2D eigenvalue weighted by Gasteiger charge is 2.33. The Morgan fingerprint density at radius 1 is 1.41 bits per heavy atom. The molecule has 1 amide bonds. The molecule has 2 rings (SSSR count). The van der Waals surface area contributed by atoms with Crippen LogP contribution in [0.3, 0.4) is 0 Å². The summed E-state index contributed by atoms with van der Waals surface area (Å²) in [6, 6.07) is 2.81. The number of rotatable bonds is 1. The number of amides is 1. The molecule has 1 saturated heterocycles. The summed E-state index contributed by atoms with van der Waals surface area (Å²) in [5.74, 6) is 1.00. The highest BCUT2D eigenvalue weighted by atomic mass is 16.1. The first-order chi connectivity index (χ1) is 8.20. The second-order valence-corrected chi connectivity index (χ2v) is 5.36. The van der Waals surface area contributed by atoms with Gasteiger partial charge in [0.15, 0.2) is 0 Å². The maximum absolute atomic E-state index is 11.3. The third-order valence-electron chi connectivity index (χ3n) is 4.06. The molecule has 1 saturated carbocycles. The molecule has 0 aromatic heterocycles. The fraction of sp³-hybridized carbons (Fsp3) is 0.846. The summed E-state index contributed by atoms with van der Waals surface area (Å²) in [4.78, 5) is 13.7. The number of nitrogens with one attached hydrogen (secondary N) is 1. The SMILES string of the molecule is CC1CCC(C#N)C(N2CCNC(=O)CC2)C1. The number of hydrogen-bond donors (Lipinski definition) is 1. The summed E-state index contributed by atoms with van der Waals surface area (Å²) in [6.07, 6.45) is 3.86. The molecule has 1 aliphatic heterocycles. The Labute approximate surface area is 103 Å². The van der Waals surface area contributed by atoms with E-state index in [0.29, 0.717) is 18.4 Å². The van der Waals surface area contributed by atoms with Gasteiger partial charge in [0.2, 0.25) is 5.91 Å². The zero-order chi connectivity index (χ0) is 12.3. The van der Waals surface area contributed by atoms with Gasteiger partial charge in [-0.1, -0.05) is 6.92 Å². The molecule has 1 N–H and O–H groups in total. The van der Waals surface area contributed by atoms with Gasteiger partial charge in [0.25, 0.3) is 0 Å². The van der Waals surface area contributed by atoms with Crippen LogP contribution in [0.1, 0.15) is 32.6 Å². The van der Waals surface area contributed by atoms with Gasteiger partial charge in [-0.25, -0.2) is 0 Å². The summed E-state index contributed by atoms with van der Waals surface area (Å²) in [5, 5.41) is 12.1. The van der Waals surface area contributed by atoms with Gasteiger partial charge < -0.3 is 5.32 Å². The molecule has 0 aromatic carbocycles. The van der Waals surface area contributed by atoms with Crippen LogP contribution in [-0.2, 0) is 4.79 Å². The van der Waals surface area contributed by atoms with Crippen molar-refractivity contribution in [3.63, 3.8) is 0 Å². The Morgan fingerprint density at radius 3 is 3.00 bits per heavy atom. The van der Waals surface area contributed by atoms with Crippen LogP contribution in [-0.4, -0.2) is 36.5 Å². The number of carbonyl (C=O) groups is 1. The first-order valence-electron chi connectivity index (χ1n) is 6.61. The van der Waals surface area contributed by atoms with E-state index in [1.807, 2.05) is 0 Å². The molecule has 4 heteroatoms. The number of nitriles is 1. The van der Waals surface area contributed by atoms with E-state index in [-0.39, 0.29) is 11.8 Å². The van der Waals surface area contributed by atoms with Crippen molar-refractivity contribution in [3.05, 3.63) is 0 Å². The number of hydrogen-bond acceptors (Lipinski definition) is 3. The summed E-state index contributed by atoms with van der Waals surface area (Å²) in [5.41, 5.74) is 0. The highest BCUT2D eigenvalue weighted by molar-refractivity contribution is 5.76. The Hall–Kier alpha value is -1.08. The molecule has 1 aliphatic carbocycles. The van der Waals surface area contributed by atoms with E-state index in [9.17, 15) is 10.1 Å². The first kappa shape index (κ1) is 12.4. The van der Waals surface area contributed by atoms with E-state index in [1.165, 1.54) is 6.42 Å². The van der Waals surface area contributed by atoms with Crippen molar-refractivity contribution in [1.29, 1.82) is 5.26 Å². The Kier molecular flexibility index (Phi) is 4.01. The summed E-state index contributed by atoms with van der Waals surface area (Å²) >= 11 is 0. The van der Waals surface area contributed by atoms with Crippen molar-refractivity contribution in [2.75, 3.05) is 19.6 Å². The maximum atomic E-state index is 11.3. The largest absolute Gasteiger partial charge is 0.355 e. The highest BCUT2D eigenvalue weighted by Crippen LogP contribution is 2.32. The Balaban J connectivity index is 2.02. The van der Waals surface area contributed by atoms with Crippen molar-refractivity contribution in [2.24, 2.45) is 11.8 Å². The number of carbonyl (C=O) groups excluding carboxylic acids is 1. The van der Waals surface area contributed by atoms with Crippen LogP contribution in [0, 0.1) is 23.2 Å². The average Bonchev–Trinajstić information content (AvgIpc) is 2.54. The van der Waals surface area contributed by atoms with Crippen LogP contribution in [0.15, 0.2) is 0 Å². The fourth-order valence-corrected chi connectivity index (χ4v) is 3.02. The van der Waals surface area contributed by atoms with Crippen molar-refractivity contribution >= 4 is 5.91 Å². The lowest BCUT2D eigenvalue weighted by Crippen LogP contribution is -2.45. The van der Waals surface area contributed by atoms with Gasteiger partial charge in [-0.2, -0.15) is 5.26 Å². The minimum absolute atomic E-state index is 0.143. The first-order valence-corrected chi connectivity index (χ1v) is 6.61. The van der Waals surface area contributed by atoms with E-state index < -0.39 is 0 Å². The summed E-state index contributed by atoms with van der Waals surface area (Å²) in [7, 11) is 0. The molecule has 2 aliphatic rings. The molecular formula is C13H21N3O. The monoisotopic (exact) mass is 235 g/mol. The van der Waals surface area contributed by atoms with Crippen LogP contribution in [0.25, 0.3) is 0 Å². The van der Waals surface area contributed by atoms with Crippen LogP contribution < -0.4 is 5.32 Å². The molecule has 3 unspecified atom stereocenters. The van der Waals surface area contributed by atoms with E-state index in [1.54, 1.807) is 0 Å². The Morgan fingerprint density at radius 2 is 2.24 bits per heavy atom. The minimum Gasteiger partial charge on any atom is -0.355 e. The smallest absolute Gasteiger partial charge is 0.221 e. The second kappa shape index (κ2) is 5.50. The minimum atomic E-state index is 0.143. The van der Waals surface area contributed by atoms with Crippen LogP contribution >= 0.6 is 0 Å². The predicted molar refractivity (Wildman–Crippen MR) is 65.1 cm³/mol. The molecule has 4 nitrogen and oxygen atoms in total. The topological polar surface area (TPSA) is 56.1 Å². The molecule has 1 heterocycles. The normalized spacial score (nSPS) is 35.8. The molecule has 0 radical (unpaired) electrons. The van der Waals surface area contributed by atoms with Crippen LogP contribution in [0.4, 0.5) is 0 Å². The predicted octanol–water partition coefficient (Wildman–Crippen LogP) is 1.14. The molecule has 0 spiro atoms. The standard InChI is InChI=1S/C13H21N3O/c1-10-2-3-11(9-14)12(8-10)16-6-4-13(17)15-5-7-16/h10-12H,2-8H2,1H3,(H,15,17). The van der Waals surface area contributed by atoms with Crippen LogP contribution in [0.5, 0.6) is 0 Å². The van der Waals surface area contributed by atoms with E-state index >= 15 is 0 Å². The van der Waals surface area contributed by atoms with Crippen LogP contribution in [0.2, 0.25) is 0 Å². The third kappa shape index (κ3) is 2.98. The molecular weight excluding hydrogens is 214 g/mol. The molecule has 0 bridgehead atoms. The number of nitrogens with zero attached hydrogens (tertiary/aromatic N) is 2. The Bertz CT molecular complexity index is 323. The van der Waals surface area contributed by atoms with Gasteiger partial charge >= 0.3 is 0 Å². The van der Waals surface area contributed by atoms with E-state index in [0.717, 1.165) is 32.5 Å². The third-order valence-corrected chi connectivity index (χ3v) is 4.06. The zero-order valence-electron chi connectivity index (χ0n) is 10.5. The lowest BCUT2D eigenvalue weighted by atomic mass is 9.79. The van der Waals surface area contributed by atoms with Crippen molar-refractivity contribution in [3.8, 4) is 6.07 Å². The lowest BCUT2D eigenvalue weighted by molar-refractivity contribution is -0.120. The van der Waals surface area contributed by atoms with Gasteiger partial charge in [0, 0.05) is 32.1 Å². The van der Waals surface area contributed by atoms with Gasteiger partial charge in [0.1, 0.15) is 0 Å².